The second-order valence-electron chi connectivity index (χ2n) is 3.81. The van der Waals surface area contributed by atoms with E-state index in [2.05, 4.69) is 19.1 Å². The number of benzene rings is 1. The van der Waals surface area contributed by atoms with E-state index in [9.17, 15) is 0 Å². The number of hydrogen-bond acceptors (Lipinski definition) is 1. The molecule has 0 aliphatic heterocycles. The van der Waals surface area contributed by atoms with Crippen LogP contribution in [0.1, 0.15) is 24.8 Å². The number of rotatable bonds is 1. The summed E-state index contributed by atoms with van der Waals surface area (Å²) in [4.78, 5) is 0. The maximum Gasteiger partial charge on any atom is 0.0406 e. The Balaban J connectivity index is 2.21. The van der Waals surface area contributed by atoms with Crippen LogP contribution in [-0.2, 0) is 0 Å². The van der Waals surface area contributed by atoms with Crippen LogP contribution in [0.4, 0.5) is 0 Å². The van der Waals surface area contributed by atoms with Gasteiger partial charge < -0.3 is 5.73 Å². The van der Waals surface area contributed by atoms with Crippen LogP contribution in [-0.4, -0.2) is 5.54 Å². The topological polar surface area (TPSA) is 26.0 Å². The van der Waals surface area contributed by atoms with Gasteiger partial charge in [0.2, 0.25) is 0 Å². The Morgan fingerprint density at radius 1 is 1.42 bits per heavy atom. The molecule has 1 aliphatic carbocycles. The van der Waals surface area contributed by atoms with E-state index in [0.29, 0.717) is 5.92 Å². The molecule has 0 saturated heterocycles. The molecular formula is C10H12ClN. The van der Waals surface area contributed by atoms with Gasteiger partial charge in [0.05, 0.1) is 0 Å². The van der Waals surface area contributed by atoms with E-state index in [-0.39, 0.29) is 5.54 Å². The molecule has 2 atom stereocenters. The van der Waals surface area contributed by atoms with E-state index in [1.807, 2.05) is 12.1 Å². The summed E-state index contributed by atoms with van der Waals surface area (Å²) in [7, 11) is 0. The molecule has 1 aliphatic rings. The summed E-state index contributed by atoms with van der Waals surface area (Å²) >= 11 is 5.78. The van der Waals surface area contributed by atoms with Gasteiger partial charge in [0, 0.05) is 16.5 Å². The highest BCUT2D eigenvalue weighted by Gasteiger charge is 2.47. The van der Waals surface area contributed by atoms with E-state index in [1.54, 1.807) is 0 Å². The minimum Gasteiger partial charge on any atom is -0.325 e. The van der Waals surface area contributed by atoms with Gasteiger partial charge in [-0.2, -0.15) is 0 Å². The van der Waals surface area contributed by atoms with Crippen molar-refractivity contribution in [2.45, 2.75) is 24.8 Å². The van der Waals surface area contributed by atoms with Gasteiger partial charge in [-0.3, -0.25) is 0 Å². The minimum atomic E-state index is 0.0217. The van der Waals surface area contributed by atoms with E-state index in [1.165, 1.54) is 5.56 Å². The third-order valence-corrected chi connectivity index (χ3v) is 2.80. The minimum absolute atomic E-state index is 0.0217. The molecule has 0 spiro atoms. The molecule has 0 amide bonds. The second-order valence-corrected chi connectivity index (χ2v) is 4.25. The zero-order valence-electron chi connectivity index (χ0n) is 7.05. The molecule has 64 valence electrons. The van der Waals surface area contributed by atoms with Crippen molar-refractivity contribution in [3.8, 4) is 0 Å². The molecule has 0 bridgehead atoms. The predicted molar refractivity (Wildman–Crippen MR) is 51.4 cm³/mol. The summed E-state index contributed by atoms with van der Waals surface area (Å²) in [6.07, 6.45) is 1.09. The molecule has 2 rings (SSSR count). The van der Waals surface area contributed by atoms with Gasteiger partial charge in [0.25, 0.3) is 0 Å². The molecule has 2 heteroatoms. The summed E-state index contributed by atoms with van der Waals surface area (Å²) in [5.74, 6) is 0.537. The normalized spacial score (nSPS) is 33.4. The van der Waals surface area contributed by atoms with Crippen molar-refractivity contribution in [1.29, 1.82) is 0 Å². The van der Waals surface area contributed by atoms with Gasteiger partial charge in [0.1, 0.15) is 0 Å². The zero-order chi connectivity index (χ0) is 8.77. The van der Waals surface area contributed by atoms with E-state index in [0.717, 1.165) is 11.4 Å². The number of halogens is 1. The van der Waals surface area contributed by atoms with Crippen molar-refractivity contribution in [3.63, 3.8) is 0 Å². The van der Waals surface area contributed by atoms with Gasteiger partial charge >= 0.3 is 0 Å². The molecule has 1 aromatic carbocycles. The fourth-order valence-electron chi connectivity index (χ4n) is 1.57. The molecule has 1 saturated carbocycles. The molecule has 2 N–H and O–H groups in total. The Hall–Kier alpha value is -0.530. The molecule has 1 nitrogen and oxygen atoms in total. The van der Waals surface area contributed by atoms with Crippen LogP contribution in [0.3, 0.4) is 0 Å². The lowest BCUT2D eigenvalue weighted by Gasteiger charge is -2.03. The SMILES string of the molecule is CC1(N)CC1c1ccc(Cl)cc1. The van der Waals surface area contributed by atoms with Crippen molar-refractivity contribution in [2.24, 2.45) is 5.73 Å². The maximum absolute atomic E-state index is 5.95. The molecule has 0 heterocycles. The lowest BCUT2D eigenvalue weighted by molar-refractivity contribution is 0.728. The summed E-state index contributed by atoms with van der Waals surface area (Å²) in [5, 5.41) is 0.790. The Bertz CT molecular complexity index is 289. The van der Waals surface area contributed by atoms with Crippen molar-refractivity contribution in [1.82, 2.24) is 0 Å². The van der Waals surface area contributed by atoms with Gasteiger partial charge in [-0.1, -0.05) is 23.7 Å². The summed E-state index contributed by atoms with van der Waals surface area (Å²) < 4.78 is 0. The quantitative estimate of drug-likeness (QED) is 0.708. The van der Waals surface area contributed by atoms with Crippen molar-refractivity contribution in [2.75, 3.05) is 0 Å². The molecule has 1 fully saturated rings. The fraction of sp³-hybridized carbons (Fsp3) is 0.400. The summed E-state index contributed by atoms with van der Waals surface area (Å²) in [6.45, 7) is 2.09. The maximum atomic E-state index is 5.95. The first kappa shape index (κ1) is 8.09. The highest BCUT2D eigenvalue weighted by molar-refractivity contribution is 6.30. The average Bonchev–Trinajstić information content (AvgIpc) is 2.61. The number of hydrogen-bond donors (Lipinski definition) is 1. The van der Waals surface area contributed by atoms with Crippen LogP contribution in [0.15, 0.2) is 24.3 Å². The number of nitrogens with two attached hydrogens (primary N) is 1. The standard InChI is InChI=1S/C10H12ClN/c1-10(12)6-9(10)7-2-4-8(11)5-3-7/h2-5,9H,6,12H2,1H3. The first-order valence-corrected chi connectivity index (χ1v) is 4.52. The van der Waals surface area contributed by atoms with Crippen LogP contribution in [0, 0.1) is 0 Å². The molecule has 0 aromatic heterocycles. The van der Waals surface area contributed by atoms with Gasteiger partial charge in [0.15, 0.2) is 0 Å². The molecular weight excluding hydrogens is 170 g/mol. The third-order valence-electron chi connectivity index (χ3n) is 2.55. The summed E-state index contributed by atoms with van der Waals surface area (Å²) in [5.41, 5.74) is 7.28. The molecule has 12 heavy (non-hydrogen) atoms. The van der Waals surface area contributed by atoms with Gasteiger partial charge in [-0.25, -0.2) is 0 Å². The lowest BCUT2D eigenvalue weighted by atomic mass is 10.1. The predicted octanol–water partition coefficient (Wildman–Crippen LogP) is 2.54. The summed E-state index contributed by atoms with van der Waals surface area (Å²) in [6, 6.07) is 7.97. The van der Waals surface area contributed by atoms with Crippen LogP contribution in [0.2, 0.25) is 5.02 Å². The zero-order valence-corrected chi connectivity index (χ0v) is 7.81. The second kappa shape index (κ2) is 2.48. The largest absolute Gasteiger partial charge is 0.325 e. The molecule has 0 radical (unpaired) electrons. The van der Waals surface area contributed by atoms with E-state index < -0.39 is 0 Å². The third kappa shape index (κ3) is 1.35. The van der Waals surface area contributed by atoms with Gasteiger partial charge in [-0.05, 0) is 31.0 Å². The Kier molecular flexibility index (Phi) is 1.67. The Labute approximate surface area is 77.5 Å². The lowest BCUT2D eigenvalue weighted by Crippen LogP contribution is -2.18. The van der Waals surface area contributed by atoms with E-state index in [4.69, 9.17) is 17.3 Å². The highest BCUT2D eigenvalue weighted by Crippen LogP contribution is 2.48. The van der Waals surface area contributed by atoms with Crippen molar-refractivity contribution >= 4 is 11.6 Å². The smallest absolute Gasteiger partial charge is 0.0406 e. The van der Waals surface area contributed by atoms with Crippen molar-refractivity contribution in [3.05, 3.63) is 34.9 Å². The van der Waals surface area contributed by atoms with E-state index >= 15 is 0 Å². The average molecular weight is 182 g/mol. The molecule has 2 unspecified atom stereocenters. The first-order chi connectivity index (χ1) is 5.59. The van der Waals surface area contributed by atoms with Crippen LogP contribution in [0.5, 0.6) is 0 Å². The monoisotopic (exact) mass is 181 g/mol. The Morgan fingerprint density at radius 2 is 1.92 bits per heavy atom. The molecule has 1 aromatic rings. The van der Waals surface area contributed by atoms with Crippen molar-refractivity contribution < 1.29 is 0 Å². The van der Waals surface area contributed by atoms with Crippen LogP contribution >= 0.6 is 11.6 Å². The van der Waals surface area contributed by atoms with Crippen LogP contribution in [0.25, 0.3) is 0 Å². The highest BCUT2D eigenvalue weighted by atomic mass is 35.5. The van der Waals surface area contributed by atoms with Crippen LogP contribution < -0.4 is 5.73 Å². The van der Waals surface area contributed by atoms with Gasteiger partial charge in [-0.15, -0.1) is 0 Å². The fourth-order valence-corrected chi connectivity index (χ4v) is 1.70. The Morgan fingerprint density at radius 3 is 2.33 bits per heavy atom. The first-order valence-electron chi connectivity index (χ1n) is 4.14.